The van der Waals surface area contributed by atoms with Gasteiger partial charge in [0, 0.05) is 6.42 Å². The molecule has 0 aliphatic heterocycles. The first kappa shape index (κ1) is 11.7. The van der Waals surface area contributed by atoms with Gasteiger partial charge in [0.1, 0.15) is 0 Å². The van der Waals surface area contributed by atoms with Gasteiger partial charge >= 0.3 is 5.97 Å². The van der Waals surface area contributed by atoms with Crippen molar-refractivity contribution in [2.75, 3.05) is 0 Å². The van der Waals surface area contributed by atoms with Gasteiger partial charge < -0.3 is 5.11 Å². The summed E-state index contributed by atoms with van der Waals surface area (Å²) in [6.07, 6.45) is 6.27. The van der Waals surface area contributed by atoms with E-state index in [0.29, 0.717) is 6.42 Å². The Morgan fingerprint density at radius 2 is 1.92 bits per heavy atom. The van der Waals surface area contributed by atoms with Crippen LogP contribution in [0.5, 0.6) is 0 Å². The van der Waals surface area contributed by atoms with Gasteiger partial charge in [0.05, 0.1) is 0 Å². The Labute approximate surface area is 79.3 Å². The monoisotopic (exact) mass is 180 g/mol. The predicted molar refractivity (Wildman–Crippen MR) is 54.6 cm³/mol. The van der Waals surface area contributed by atoms with E-state index >= 15 is 0 Å². The molecule has 0 saturated heterocycles. The number of carbonyl (C=O) groups is 1. The molecule has 1 N–H and O–H groups in total. The van der Waals surface area contributed by atoms with Gasteiger partial charge in [-0.2, -0.15) is 0 Å². The second-order valence-electron chi connectivity index (χ2n) is 3.08. The second-order valence-corrected chi connectivity index (χ2v) is 3.08. The molecule has 0 radical (unpaired) electrons. The smallest absolute Gasteiger partial charge is 0.303 e. The highest BCUT2D eigenvalue weighted by Crippen LogP contribution is 2.07. The molecule has 0 atom stereocenters. The van der Waals surface area contributed by atoms with Crippen LogP contribution in [-0.2, 0) is 4.79 Å². The highest BCUT2D eigenvalue weighted by Gasteiger charge is 1.97. The minimum absolute atomic E-state index is 0.161. The van der Waals surface area contributed by atoms with Crippen LogP contribution in [0.15, 0.2) is 36.0 Å². The molecule has 0 unspecified atom stereocenters. The van der Waals surface area contributed by atoms with Gasteiger partial charge in [-0.15, -0.1) is 0 Å². The summed E-state index contributed by atoms with van der Waals surface area (Å²) in [5.41, 5.74) is 2.15. The van der Waals surface area contributed by atoms with Crippen LogP contribution in [0, 0.1) is 0 Å². The van der Waals surface area contributed by atoms with E-state index in [0.717, 1.165) is 5.57 Å². The van der Waals surface area contributed by atoms with E-state index in [4.69, 9.17) is 5.11 Å². The Balaban J connectivity index is 4.18. The van der Waals surface area contributed by atoms with E-state index in [1.165, 1.54) is 5.57 Å². The fourth-order valence-corrected chi connectivity index (χ4v) is 0.778. The molecule has 13 heavy (non-hydrogen) atoms. The number of hydrogen-bond acceptors (Lipinski definition) is 1. The van der Waals surface area contributed by atoms with E-state index in [1.54, 1.807) is 6.08 Å². The third-order valence-electron chi connectivity index (χ3n) is 1.52. The zero-order valence-electron chi connectivity index (χ0n) is 8.21. The lowest BCUT2D eigenvalue weighted by Crippen LogP contribution is -1.94. The normalized spacial score (nSPS) is 10.8. The number of allylic oxidation sites excluding steroid dienone is 5. The largest absolute Gasteiger partial charge is 0.481 e. The molecular formula is C11H16O2. The van der Waals surface area contributed by atoms with Crippen molar-refractivity contribution in [1.82, 2.24) is 0 Å². The summed E-state index contributed by atoms with van der Waals surface area (Å²) in [6.45, 7) is 7.62. The van der Waals surface area contributed by atoms with Crippen molar-refractivity contribution in [3.8, 4) is 0 Å². The summed E-state index contributed by atoms with van der Waals surface area (Å²) >= 11 is 0. The first-order chi connectivity index (χ1) is 6.06. The molecule has 72 valence electrons. The van der Waals surface area contributed by atoms with Crippen LogP contribution >= 0.6 is 0 Å². The molecule has 0 aliphatic rings. The molecule has 0 aromatic rings. The third kappa shape index (κ3) is 7.06. The Kier molecular flexibility index (Phi) is 5.60. The fourth-order valence-electron chi connectivity index (χ4n) is 0.778. The average Bonchev–Trinajstić information content (AvgIpc) is 2.04. The van der Waals surface area contributed by atoms with E-state index in [9.17, 15) is 4.79 Å². The number of hydrogen-bond donors (Lipinski definition) is 1. The summed E-state index contributed by atoms with van der Waals surface area (Å²) in [5.74, 6) is -0.773. The zero-order valence-corrected chi connectivity index (χ0v) is 8.21. The first-order valence-electron chi connectivity index (χ1n) is 4.24. The van der Waals surface area contributed by atoms with Gasteiger partial charge in [0.2, 0.25) is 0 Å². The van der Waals surface area contributed by atoms with Crippen LogP contribution in [0.3, 0.4) is 0 Å². The summed E-state index contributed by atoms with van der Waals surface area (Å²) in [4.78, 5) is 10.3. The molecule has 0 fully saturated rings. The standard InChI is InChI=1S/C11H16O2/c1-4-10(6-5-9(2)3)7-8-11(12)13/h4-6H,1,7-8H2,2-3H3,(H,12,13). The molecular weight excluding hydrogens is 164 g/mol. The number of aliphatic carboxylic acids is 1. The van der Waals surface area contributed by atoms with Crippen molar-refractivity contribution in [1.29, 1.82) is 0 Å². The topological polar surface area (TPSA) is 37.3 Å². The minimum Gasteiger partial charge on any atom is -0.481 e. The Hall–Kier alpha value is -1.31. The van der Waals surface area contributed by atoms with E-state index in [-0.39, 0.29) is 6.42 Å². The number of carboxylic acid groups (broad SMARTS) is 1. The summed E-state index contributed by atoms with van der Waals surface area (Å²) in [5, 5.41) is 8.46. The van der Waals surface area contributed by atoms with Crippen LogP contribution in [-0.4, -0.2) is 11.1 Å². The molecule has 0 aromatic heterocycles. The summed E-state index contributed by atoms with van der Waals surface area (Å²) < 4.78 is 0. The fraction of sp³-hybridized carbons (Fsp3) is 0.364. The van der Waals surface area contributed by atoms with E-state index in [2.05, 4.69) is 6.58 Å². The quantitative estimate of drug-likeness (QED) is 0.660. The predicted octanol–water partition coefficient (Wildman–Crippen LogP) is 2.93. The van der Waals surface area contributed by atoms with Crippen LogP contribution in [0.1, 0.15) is 26.7 Å². The second kappa shape index (κ2) is 6.23. The first-order valence-corrected chi connectivity index (χ1v) is 4.24. The molecule has 0 bridgehead atoms. The van der Waals surface area contributed by atoms with Gasteiger partial charge in [-0.25, -0.2) is 0 Å². The molecule has 0 heterocycles. The lowest BCUT2D eigenvalue weighted by Gasteiger charge is -1.97. The van der Waals surface area contributed by atoms with Gasteiger partial charge in [0.25, 0.3) is 0 Å². The van der Waals surface area contributed by atoms with Crippen LogP contribution in [0.25, 0.3) is 0 Å². The maximum atomic E-state index is 10.3. The summed E-state index contributed by atoms with van der Waals surface area (Å²) in [6, 6.07) is 0. The molecule has 2 nitrogen and oxygen atoms in total. The molecule has 0 aromatic carbocycles. The van der Waals surface area contributed by atoms with Crippen molar-refractivity contribution in [3.05, 3.63) is 36.0 Å². The molecule has 0 rings (SSSR count). The lowest BCUT2D eigenvalue weighted by atomic mass is 10.1. The summed E-state index contributed by atoms with van der Waals surface area (Å²) in [7, 11) is 0. The van der Waals surface area contributed by atoms with Crippen LogP contribution in [0.2, 0.25) is 0 Å². The maximum Gasteiger partial charge on any atom is 0.303 e. The Bertz CT molecular complexity index is 243. The zero-order chi connectivity index (χ0) is 10.3. The molecule has 0 aliphatic carbocycles. The Morgan fingerprint density at radius 3 is 2.31 bits per heavy atom. The van der Waals surface area contributed by atoms with E-state index in [1.807, 2.05) is 26.0 Å². The third-order valence-corrected chi connectivity index (χ3v) is 1.52. The average molecular weight is 180 g/mol. The molecule has 0 saturated carbocycles. The minimum atomic E-state index is -0.773. The highest BCUT2D eigenvalue weighted by atomic mass is 16.4. The van der Waals surface area contributed by atoms with Crippen molar-refractivity contribution >= 4 is 5.97 Å². The number of carboxylic acids is 1. The van der Waals surface area contributed by atoms with Crippen molar-refractivity contribution < 1.29 is 9.90 Å². The van der Waals surface area contributed by atoms with Gasteiger partial charge in [0.15, 0.2) is 0 Å². The lowest BCUT2D eigenvalue weighted by molar-refractivity contribution is -0.136. The van der Waals surface area contributed by atoms with Crippen LogP contribution < -0.4 is 0 Å². The number of rotatable bonds is 5. The van der Waals surface area contributed by atoms with Gasteiger partial charge in [-0.3, -0.25) is 4.79 Å². The molecule has 0 amide bonds. The SMILES string of the molecule is C=CC(=CC=C(C)C)CCC(=O)O. The Morgan fingerprint density at radius 1 is 1.31 bits per heavy atom. The van der Waals surface area contributed by atoms with E-state index < -0.39 is 5.97 Å². The highest BCUT2D eigenvalue weighted by molar-refractivity contribution is 5.67. The van der Waals surface area contributed by atoms with Gasteiger partial charge in [-0.1, -0.05) is 30.4 Å². The van der Waals surface area contributed by atoms with Crippen molar-refractivity contribution in [3.63, 3.8) is 0 Å². The molecule has 0 spiro atoms. The van der Waals surface area contributed by atoms with Crippen molar-refractivity contribution in [2.45, 2.75) is 26.7 Å². The maximum absolute atomic E-state index is 10.3. The molecule has 2 heteroatoms. The van der Waals surface area contributed by atoms with Gasteiger partial charge in [-0.05, 0) is 25.8 Å². The van der Waals surface area contributed by atoms with Crippen LogP contribution in [0.4, 0.5) is 0 Å². The van der Waals surface area contributed by atoms with Crippen molar-refractivity contribution in [2.24, 2.45) is 0 Å².